The second-order valence-corrected chi connectivity index (χ2v) is 4.89. The predicted molar refractivity (Wildman–Crippen MR) is 57.6 cm³/mol. The Morgan fingerprint density at radius 3 is 2.47 bits per heavy atom. The highest BCUT2D eigenvalue weighted by molar-refractivity contribution is 5.85. The molecule has 0 radical (unpaired) electrons. The van der Waals surface area contributed by atoms with E-state index in [-0.39, 0.29) is 23.9 Å². The van der Waals surface area contributed by atoms with Crippen molar-refractivity contribution in [3.05, 3.63) is 0 Å². The lowest BCUT2D eigenvalue weighted by Gasteiger charge is -2.36. The molecule has 1 unspecified atom stereocenters. The number of piperidine rings is 1. The number of amides is 1. The fourth-order valence-electron chi connectivity index (χ4n) is 3.19. The van der Waals surface area contributed by atoms with E-state index in [2.05, 4.69) is 5.32 Å². The standard InChI is InChI=1S/C10H16N2O2.ClH/c1-12-9(13)6-10(14-12)4-7-2-3-8(5-10)11-7;/h7-8,11H,2-6H2,1H3;1H/t7-,8+,10?;. The molecule has 3 saturated heterocycles. The molecule has 1 amide bonds. The fourth-order valence-corrected chi connectivity index (χ4v) is 3.19. The highest BCUT2D eigenvalue weighted by Crippen LogP contribution is 2.42. The van der Waals surface area contributed by atoms with Crippen LogP contribution in [0.3, 0.4) is 0 Å². The highest BCUT2D eigenvalue weighted by atomic mass is 35.5. The molecule has 15 heavy (non-hydrogen) atoms. The number of nitrogens with zero attached hydrogens (tertiary/aromatic N) is 1. The largest absolute Gasteiger partial charge is 0.311 e. The van der Waals surface area contributed by atoms with Gasteiger partial charge in [-0.1, -0.05) is 0 Å². The summed E-state index contributed by atoms with van der Waals surface area (Å²) in [5.74, 6) is 0.131. The molecule has 0 aromatic rings. The van der Waals surface area contributed by atoms with E-state index in [1.54, 1.807) is 7.05 Å². The van der Waals surface area contributed by atoms with Gasteiger partial charge in [-0.3, -0.25) is 9.63 Å². The van der Waals surface area contributed by atoms with Gasteiger partial charge < -0.3 is 5.32 Å². The Balaban J connectivity index is 0.000000853. The van der Waals surface area contributed by atoms with E-state index in [1.807, 2.05) is 0 Å². The summed E-state index contributed by atoms with van der Waals surface area (Å²) in [6.45, 7) is 0. The van der Waals surface area contributed by atoms with Gasteiger partial charge in [0.15, 0.2) is 0 Å². The normalized spacial score (nSPS) is 43.5. The summed E-state index contributed by atoms with van der Waals surface area (Å²) in [5, 5.41) is 4.98. The second-order valence-electron chi connectivity index (χ2n) is 4.89. The van der Waals surface area contributed by atoms with Gasteiger partial charge in [-0.2, -0.15) is 0 Å². The van der Waals surface area contributed by atoms with Crippen molar-refractivity contribution in [3.8, 4) is 0 Å². The van der Waals surface area contributed by atoms with E-state index in [0.29, 0.717) is 18.5 Å². The zero-order chi connectivity index (χ0) is 9.76. The number of nitrogens with one attached hydrogen (secondary N) is 1. The lowest BCUT2D eigenvalue weighted by Crippen LogP contribution is -2.48. The van der Waals surface area contributed by atoms with E-state index in [9.17, 15) is 4.79 Å². The third kappa shape index (κ3) is 1.75. The van der Waals surface area contributed by atoms with Crippen molar-refractivity contribution in [2.45, 2.75) is 49.8 Å². The molecule has 86 valence electrons. The van der Waals surface area contributed by atoms with Gasteiger partial charge in [-0.05, 0) is 25.7 Å². The van der Waals surface area contributed by atoms with Gasteiger partial charge in [0.2, 0.25) is 5.91 Å². The summed E-state index contributed by atoms with van der Waals surface area (Å²) in [7, 11) is 1.72. The molecule has 0 aromatic heterocycles. The monoisotopic (exact) mass is 232 g/mol. The summed E-state index contributed by atoms with van der Waals surface area (Å²) in [5.41, 5.74) is -0.164. The van der Waals surface area contributed by atoms with Gasteiger partial charge in [-0.15, -0.1) is 12.4 Å². The molecule has 3 aliphatic heterocycles. The molecule has 0 aromatic carbocycles. The van der Waals surface area contributed by atoms with Crippen molar-refractivity contribution in [3.63, 3.8) is 0 Å². The number of halogens is 1. The lowest BCUT2D eigenvalue weighted by atomic mass is 9.85. The Labute approximate surface area is 95.7 Å². The van der Waals surface area contributed by atoms with Crippen molar-refractivity contribution in [2.24, 2.45) is 0 Å². The van der Waals surface area contributed by atoms with Gasteiger partial charge in [0.05, 0.1) is 6.42 Å². The quantitative estimate of drug-likeness (QED) is 0.674. The van der Waals surface area contributed by atoms with Crippen LogP contribution < -0.4 is 5.32 Å². The van der Waals surface area contributed by atoms with Gasteiger partial charge in [0, 0.05) is 19.1 Å². The van der Waals surface area contributed by atoms with Crippen molar-refractivity contribution in [1.82, 2.24) is 10.4 Å². The number of fused-ring (bicyclic) bond motifs is 2. The van der Waals surface area contributed by atoms with E-state index in [0.717, 1.165) is 12.8 Å². The average Bonchev–Trinajstić information content (AvgIpc) is 2.56. The van der Waals surface area contributed by atoms with Gasteiger partial charge in [-0.25, -0.2) is 5.06 Å². The van der Waals surface area contributed by atoms with Gasteiger partial charge in [0.25, 0.3) is 0 Å². The maximum atomic E-state index is 11.5. The van der Waals surface area contributed by atoms with Crippen LogP contribution in [0.1, 0.15) is 32.1 Å². The van der Waals surface area contributed by atoms with Crippen LogP contribution in [0.4, 0.5) is 0 Å². The molecular weight excluding hydrogens is 216 g/mol. The highest BCUT2D eigenvalue weighted by Gasteiger charge is 2.51. The van der Waals surface area contributed by atoms with E-state index in [1.165, 1.54) is 17.9 Å². The summed E-state index contributed by atoms with van der Waals surface area (Å²) in [6, 6.07) is 1.15. The number of hydrogen-bond donors (Lipinski definition) is 1. The molecular formula is C10H17ClN2O2. The molecule has 5 heteroatoms. The van der Waals surface area contributed by atoms with Crippen molar-refractivity contribution in [2.75, 3.05) is 7.05 Å². The zero-order valence-corrected chi connectivity index (χ0v) is 9.68. The summed E-state index contributed by atoms with van der Waals surface area (Å²) in [4.78, 5) is 17.2. The van der Waals surface area contributed by atoms with Crippen LogP contribution in [0.5, 0.6) is 0 Å². The molecule has 3 atom stereocenters. The lowest BCUT2D eigenvalue weighted by molar-refractivity contribution is -0.197. The maximum Gasteiger partial charge on any atom is 0.248 e. The topological polar surface area (TPSA) is 41.6 Å². The summed E-state index contributed by atoms with van der Waals surface area (Å²) in [6.07, 6.45) is 5.07. The Morgan fingerprint density at radius 1 is 1.40 bits per heavy atom. The van der Waals surface area contributed by atoms with E-state index in [4.69, 9.17) is 4.84 Å². The van der Waals surface area contributed by atoms with Crippen LogP contribution in [-0.2, 0) is 9.63 Å². The first-order chi connectivity index (χ1) is 6.67. The van der Waals surface area contributed by atoms with Crippen LogP contribution in [0.25, 0.3) is 0 Å². The maximum absolute atomic E-state index is 11.5. The van der Waals surface area contributed by atoms with Gasteiger partial charge >= 0.3 is 0 Å². The first-order valence-electron chi connectivity index (χ1n) is 5.39. The average molecular weight is 233 g/mol. The predicted octanol–water partition coefficient (Wildman–Crippen LogP) is 0.855. The summed E-state index contributed by atoms with van der Waals surface area (Å²) < 4.78 is 0. The van der Waals surface area contributed by atoms with Crippen molar-refractivity contribution >= 4 is 18.3 Å². The van der Waals surface area contributed by atoms with Crippen LogP contribution in [-0.4, -0.2) is 35.7 Å². The first kappa shape index (κ1) is 11.2. The third-order valence-corrected chi connectivity index (χ3v) is 3.73. The fraction of sp³-hybridized carbons (Fsp3) is 0.900. The minimum atomic E-state index is -0.164. The number of hydroxylamine groups is 2. The summed E-state index contributed by atoms with van der Waals surface area (Å²) >= 11 is 0. The smallest absolute Gasteiger partial charge is 0.248 e. The minimum Gasteiger partial charge on any atom is -0.311 e. The van der Waals surface area contributed by atoms with Gasteiger partial charge in [0.1, 0.15) is 5.60 Å². The number of hydrogen-bond acceptors (Lipinski definition) is 3. The van der Waals surface area contributed by atoms with Crippen LogP contribution in [0, 0.1) is 0 Å². The van der Waals surface area contributed by atoms with E-state index < -0.39 is 0 Å². The molecule has 1 N–H and O–H groups in total. The van der Waals surface area contributed by atoms with Crippen LogP contribution >= 0.6 is 12.4 Å². The van der Waals surface area contributed by atoms with Crippen LogP contribution in [0.2, 0.25) is 0 Å². The van der Waals surface area contributed by atoms with Crippen molar-refractivity contribution < 1.29 is 9.63 Å². The Hall–Kier alpha value is -0.320. The Morgan fingerprint density at radius 2 is 2.00 bits per heavy atom. The molecule has 3 rings (SSSR count). The Kier molecular flexibility index (Phi) is 2.69. The molecule has 1 spiro atoms. The SMILES string of the molecule is CN1OC2(CC1=O)C[C@H]1CC[C@@H](C2)N1.Cl. The number of carbonyl (C=O) groups is 1. The third-order valence-electron chi connectivity index (χ3n) is 3.73. The molecule has 4 nitrogen and oxygen atoms in total. The molecule has 2 bridgehead atoms. The van der Waals surface area contributed by atoms with Crippen LogP contribution in [0.15, 0.2) is 0 Å². The zero-order valence-electron chi connectivity index (χ0n) is 8.86. The molecule has 3 aliphatic rings. The Bertz CT molecular complexity index is 273. The second kappa shape index (κ2) is 3.61. The first-order valence-corrected chi connectivity index (χ1v) is 5.39. The van der Waals surface area contributed by atoms with Crippen molar-refractivity contribution in [1.29, 1.82) is 0 Å². The molecule has 3 heterocycles. The number of rotatable bonds is 0. The van der Waals surface area contributed by atoms with E-state index >= 15 is 0 Å². The molecule has 0 saturated carbocycles. The molecule has 3 fully saturated rings. The number of carbonyl (C=O) groups excluding carboxylic acids is 1. The molecule has 0 aliphatic carbocycles. The minimum absolute atomic E-state index is 0.